The van der Waals surface area contributed by atoms with E-state index in [9.17, 15) is 9.18 Å². The Hall–Kier alpha value is -1.42. The summed E-state index contributed by atoms with van der Waals surface area (Å²) in [4.78, 5) is 11.9. The Morgan fingerprint density at radius 1 is 1.32 bits per heavy atom. The van der Waals surface area contributed by atoms with Gasteiger partial charge < -0.3 is 11.1 Å². The van der Waals surface area contributed by atoms with Gasteiger partial charge in [-0.3, -0.25) is 4.79 Å². The standard InChI is InChI=1S/C15H23FN2O/c1-11(2)9-13(10-17)15(19)18-8-7-12-3-5-14(16)6-4-12/h3-6,11,13H,7-10,17H2,1-2H3,(H,18,19). The first-order valence-corrected chi connectivity index (χ1v) is 6.75. The zero-order valence-electron chi connectivity index (χ0n) is 11.7. The van der Waals surface area contributed by atoms with E-state index in [0.717, 1.165) is 12.0 Å². The molecule has 0 aromatic heterocycles. The lowest BCUT2D eigenvalue weighted by Gasteiger charge is -2.16. The summed E-state index contributed by atoms with van der Waals surface area (Å²) >= 11 is 0. The minimum absolute atomic E-state index is 0.0123. The molecular formula is C15H23FN2O. The summed E-state index contributed by atoms with van der Waals surface area (Å²) in [7, 11) is 0. The van der Waals surface area contributed by atoms with Gasteiger partial charge in [-0.1, -0.05) is 26.0 Å². The van der Waals surface area contributed by atoms with Crippen LogP contribution in [0.15, 0.2) is 24.3 Å². The molecule has 4 heteroatoms. The van der Waals surface area contributed by atoms with Gasteiger partial charge in [0.25, 0.3) is 0 Å². The van der Waals surface area contributed by atoms with E-state index >= 15 is 0 Å². The molecule has 0 spiro atoms. The SMILES string of the molecule is CC(C)CC(CN)C(=O)NCCc1ccc(F)cc1. The fourth-order valence-corrected chi connectivity index (χ4v) is 2.00. The van der Waals surface area contributed by atoms with E-state index in [0.29, 0.717) is 25.4 Å². The summed E-state index contributed by atoms with van der Waals surface area (Å²) in [5.74, 6) is 0.107. The summed E-state index contributed by atoms with van der Waals surface area (Å²) in [5.41, 5.74) is 6.63. The number of carbonyl (C=O) groups excluding carboxylic acids is 1. The van der Waals surface area contributed by atoms with Crippen LogP contribution in [0.2, 0.25) is 0 Å². The molecule has 0 aliphatic heterocycles. The second kappa shape index (κ2) is 7.89. The van der Waals surface area contributed by atoms with Gasteiger partial charge in [0.15, 0.2) is 0 Å². The fraction of sp³-hybridized carbons (Fsp3) is 0.533. The van der Waals surface area contributed by atoms with E-state index < -0.39 is 0 Å². The van der Waals surface area contributed by atoms with Crippen LogP contribution in [-0.4, -0.2) is 19.0 Å². The molecule has 0 bridgehead atoms. The molecule has 1 unspecified atom stereocenters. The number of carbonyl (C=O) groups is 1. The number of nitrogens with one attached hydrogen (secondary N) is 1. The van der Waals surface area contributed by atoms with Crippen molar-refractivity contribution in [3.8, 4) is 0 Å². The van der Waals surface area contributed by atoms with Crippen molar-refractivity contribution < 1.29 is 9.18 Å². The van der Waals surface area contributed by atoms with E-state index in [2.05, 4.69) is 19.2 Å². The minimum Gasteiger partial charge on any atom is -0.355 e. The summed E-state index contributed by atoms with van der Waals surface area (Å²) < 4.78 is 12.7. The van der Waals surface area contributed by atoms with E-state index in [1.54, 1.807) is 12.1 Å². The summed E-state index contributed by atoms with van der Waals surface area (Å²) in [6.45, 7) is 5.09. The van der Waals surface area contributed by atoms with Crippen molar-refractivity contribution in [1.82, 2.24) is 5.32 Å². The van der Waals surface area contributed by atoms with Crippen molar-refractivity contribution in [2.75, 3.05) is 13.1 Å². The molecule has 0 heterocycles. The number of amides is 1. The first kappa shape index (κ1) is 15.6. The van der Waals surface area contributed by atoms with Gasteiger partial charge >= 0.3 is 0 Å². The highest BCUT2D eigenvalue weighted by molar-refractivity contribution is 5.78. The monoisotopic (exact) mass is 266 g/mol. The Morgan fingerprint density at radius 3 is 2.47 bits per heavy atom. The van der Waals surface area contributed by atoms with Gasteiger partial charge in [-0.05, 0) is 36.5 Å². The molecule has 1 rings (SSSR count). The van der Waals surface area contributed by atoms with Crippen LogP contribution in [0.3, 0.4) is 0 Å². The van der Waals surface area contributed by atoms with Gasteiger partial charge in [0, 0.05) is 13.1 Å². The Labute approximate surface area is 114 Å². The topological polar surface area (TPSA) is 55.1 Å². The van der Waals surface area contributed by atoms with Gasteiger partial charge in [0.1, 0.15) is 5.82 Å². The highest BCUT2D eigenvalue weighted by Gasteiger charge is 2.17. The normalized spacial score (nSPS) is 12.5. The lowest BCUT2D eigenvalue weighted by atomic mass is 9.96. The lowest BCUT2D eigenvalue weighted by molar-refractivity contribution is -0.125. The maximum absolute atomic E-state index is 12.7. The van der Waals surface area contributed by atoms with Crippen molar-refractivity contribution in [2.24, 2.45) is 17.6 Å². The van der Waals surface area contributed by atoms with Gasteiger partial charge in [0.05, 0.1) is 5.92 Å². The van der Waals surface area contributed by atoms with Gasteiger partial charge in [-0.2, -0.15) is 0 Å². The Bertz CT molecular complexity index is 390. The van der Waals surface area contributed by atoms with Gasteiger partial charge in [-0.15, -0.1) is 0 Å². The summed E-state index contributed by atoms with van der Waals surface area (Å²) in [6.07, 6.45) is 1.50. The van der Waals surface area contributed by atoms with Crippen LogP contribution in [0.4, 0.5) is 4.39 Å². The molecule has 3 nitrogen and oxygen atoms in total. The molecule has 0 saturated heterocycles. The molecule has 0 radical (unpaired) electrons. The number of rotatable bonds is 7. The van der Waals surface area contributed by atoms with Crippen LogP contribution < -0.4 is 11.1 Å². The molecule has 0 aliphatic rings. The predicted octanol–water partition coefficient (Wildman–Crippen LogP) is 2.11. The van der Waals surface area contributed by atoms with E-state index in [1.165, 1.54) is 12.1 Å². The third-order valence-electron chi connectivity index (χ3n) is 3.04. The van der Waals surface area contributed by atoms with Gasteiger partial charge in [0.2, 0.25) is 5.91 Å². The molecule has 1 aromatic rings. The van der Waals surface area contributed by atoms with Crippen LogP contribution in [0.5, 0.6) is 0 Å². The third kappa shape index (κ3) is 5.83. The summed E-state index contributed by atoms with van der Waals surface area (Å²) in [5, 5.41) is 2.89. The van der Waals surface area contributed by atoms with Crippen LogP contribution in [0.25, 0.3) is 0 Å². The Balaban J connectivity index is 2.35. The molecule has 0 aliphatic carbocycles. The zero-order chi connectivity index (χ0) is 14.3. The first-order chi connectivity index (χ1) is 9.02. The average Bonchev–Trinajstić information content (AvgIpc) is 2.38. The van der Waals surface area contributed by atoms with Crippen molar-refractivity contribution in [2.45, 2.75) is 26.7 Å². The molecule has 1 amide bonds. The summed E-state index contributed by atoms with van der Waals surface area (Å²) in [6, 6.07) is 6.32. The number of halogens is 1. The van der Waals surface area contributed by atoms with Crippen molar-refractivity contribution in [3.05, 3.63) is 35.6 Å². The van der Waals surface area contributed by atoms with Crippen LogP contribution >= 0.6 is 0 Å². The highest BCUT2D eigenvalue weighted by Crippen LogP contribution is 2.10. The number of nitrogens with two attached hydrogens (primary N) is 1. The van der Waals surface area contributed by atoms with Crippen LogP contribution in [-0.2, 0) is 11.2 Å². The molecule has 1 atom stereocenters. The Kier molecular flexibility index (Phi) is 6.50. The number of hydrogen-bond acceptors (Lipinski definition) is 2. The number of hydrogen-bond donors (Lipinski definition) is 2. The van der Waals surface area contributed by atoms with E-state index in [-0.39, 0.29) is 17.6 Å². The van der Waals surface area contributed by atoms with Crippen LogP contribution in [0.1, 0.15) is 25.8 Å². The van der Waals surface area contributed by atoms with E-state index in [1.807, 2.05) is 0 Å². The lowest BCUT2D eigenvalue weighted by Crippen LogP contribution is -2.36. The molecular weight excluding hydrogens is 243 g/mol. The van der Waals surface area contributed by atoms with E-state index in [4.69, 9.17) is 5.73 Å². The zero-order valence-corrected chi connectivity index (χ0v) is 11.7. The molecule has 106 valence electrons. The Morgan fingerprint density at radius 2 is 1.95 bits per heavy atom. The quantitative estimate of drug-likeness (QED) is 0.794. The molecule has 19 heavy (non-hydrogen) atoms. The maximum atomic E-state index is 12.7. The smallest absolute Gasteiger partial charge is 0.224 e. The molecule has 3 N–H and O–H groups in total. The maximum Gasteiger partial charge on any atom is 0.224 e. The first-order valence-electron chi connectivity index (χ1n) is 6.75. The molecule has 0 saturated carbocycles. The van der Waals surface area contributed by atoms with Crippen molar-refractivity contribution in [1.29, 1.82) is 0 Å². The largest absolute Gasteiger partial charge is 0.355 e. The number of benzene rings is 1. The van der Waals surface area contributed by atoms with Crippen molar-refractivity contribution >= 4 is 5.91 Å². The predicted molar refractivity (Wildman–Crippen MR) is 75.1 cm³/mol. The highest BCUT2D eigenvalue weighted by atomic mass is 19.1. The second-order valence-corrected chi connectivity index (χ2v) is 5.23. The average molecular weight is 266 g/mol. The molecule has 1 aromatic carbocycles. The van der Waals surface area contributed by atoms with Crippen LogP contribution in [0, 0.1) is 17.7 Å². The minimum atomic E-state index is -0.243. The van der Waals surface area contributed by atoms with Gasteiger partial charge in [-0.25, -0.2) is 4.39 Å². The second-order valence-electron chi connectivity index (χ2n) is 5.23. The molecule has 0 fully saturated rings. The third-order valence-corrected chi connectivity index (χ3v) is 3.04. The van der Waals surface area contributed by atoms with Crippen molar-refractivity contribution in [3.63, 3.8) is 0 Å². The fourth-order valence-electron chi connectivity index (χ4n) is 2.00.